The molecule has 158 valence electrons. The minimum Gasteiger partial charge on any atom is -0.494 e. The van der Waals surface area contributed by atoms with Crippen molar-refractivity contribution in [1.82, 2.24) is 4.98 Å². The lowest BCUT2D eigenvalue weighted by Crippen LogP contribution is -2.18. The van der Waals surface area contributed by atoms with Gasteiger partial charge in [0, 0.05) is 5.02 Å². The second kappa shape index (κ2) is 8.54. The van der Waals surface area contributed by atoms with E-state index in [1.165, 1.54) is 47.7 Å². The summed E-state index contributed by atoms with van der Waals surface area (Å²) in [6.45, 7) is 0. The van der Waals surface area contributed by atoms with E-state index in [0.29, 0.717) is 21.4 Å². The number of halogens is 1. The van der Waals surface area contributed by atoms with E-state index in [0.717, 1.165) is 4.70 Å². The van der Waals surface area contributed by atoms with Gasteiger partial charge in [-0.1, -0.05) is 41.1 Å². The lowest BCUT2D eigenvalue weighted by Gasteiger charge is -2.12. The second-order valence-corrected chi connectivity index (χ2v) is 9.53. The highest BCUT2D eigenvalue weighted by atomic mass is 35.5. The number of hydrogen-bond donors (Lipinski definition) is 2. The number of amides is 1. The van der Waals surface area contributed by atoms with Crippen LogP contribution in [0.4, 0.5) is 10.8 Å². The van der Waals surface area contributed by atoms with E-state index in [1.807, 2.05) is 12.1 Å². The van der Waals surface area contributed by atoms with E-state index in [-0.39, 0.29) is 16.1 Å². The minimum absolute atomic E-state index is 0.0328. The highest BCUT2D eigenvalue weighted by Crippen LogP contribution is 2.32. The van der Waals surface area contributed by atoms with Gasteiger partial charge in [0.05, 0.1) is 28.0 Å². The van der Waals surface area contributed by atoms with Crippen molar-refractivity contribution in [2.24, 2.45) is 0 Å². The van der Waals surface area contributed by atoms with Crippen LogP contribution in [-0.2, 0) is 10.0 Å². The van der Waals surface area contributed by atoms with Crippen LogP contribution in [0.15, 0.2) is 71.6 Å². The van der Waals surface area contributed by atoms with Crippen molar-refractivity contribution >= 4 is 59.9 Å². The molecule has 0 aliphatic rings. The number of ether oxygens (including phenoxy) is 1. The molecule has 0 aliphatic heterocycles. The number of nitrogens with zero attached hydrogens (tertiary/aromatic N) is 1. The van der Waals surface area contributed by atoms with E-state index in [4.69, 9.17) is 16.3 Å². The Bertz CT molecular complexity index is 1370. The Morgan fingerprint density at radius 2 is 1.77 bits per heavy atom. The molecule has 0 spiro atoms. The number of fused-ring (bicyclic) bond motifs is 1. The van der Waals surface area contributed by atoms with Crippen molar-refractivity contribution in [3.8, 4) is 5.75 Å². The molecule has 0 unspecified atom stereocenters. The Hall–Kier alpha value is -3.14. The van der Waals surface area contributed by atoms with Crippen molar-refractivity contribution in [2.75, 3.05) is 17.1 Å². The second-order valence-electron chi connectivity index (χ2n) is 6.39. The zero-order chi connectivity index (χ0) is 22.0. The molecule has 10 heteroatoms. The highest BCUT2D eigenvalue weighted by Gasteiger charge is 2.20. The van der Waals surface area contributed by atoms with Crippen molar-refractivity contribution in [1.29, 1.82) is 0 Å². The van der Waals surface area contributed by atoms with Gasteiger partial charge in [0.1, 0.15) is 11.3 Å². The topological polar surface area (TPSA) is 97.4 Å². The van der Waals surface area contributed by atoms with Gasteiger partial charge in [0.25, 0.3) is 15.9 Å². The fourth-order valence-electron chi connectivity index (χ4n) is 2.89. The fraction of sp³-hybridized carbons (Fsp3) is 0.0476. The number of para-hydroxylation sites is 2. The van der Waals surface area contributed by atoms with Crippen molar-refractivity contribution in [3.63, 3.8) is 0 Å². The third kappa shape index (κ3) is 4.48. The van der Waals surface area contributed by atoms with Crippen LogP contribution in [0, 0.1) is 0 Å². The van der Waals surface area contributed by atoms with Gasteiger partial charge in [-0.25, -0.2) is 13.4 Å². The summed E-state index contributed by atoms with van der Waals surface area (Å²) in [4.78, 5) is 17.4. The van der Waals surface area contributed by atoms with E-state index < -0.39 is 15.9 Å². The van der Waals surface area contributed by atoms with Gasteiger partial charge >= 0.3 is 0 Å². The molecule has 1 heterocycles. The molecule has 0 saturated carbocycles. The number of nitrogens with one attached hydrogen (secondary N) is 2. The number of anilines is 2. The van der Waals surface area contributed by atoms with Gasteiger partial charge in [-0.05, 0) is 48.5 Å². The lowest BCUT2D eigenvalue weighted by atomic mass is 10.2. The highest BCUT2D eigenvalue weighted by molar-refractivity contribution is 7.92. The van der Waals surface area contributed by atoms with Crippen LogP contribution in [0.2, 0.25) is 5.02 Å². The molecule has 0 fully saturated rings. The molecule has 0 saturated heterocycles. The van der Waals surface area contributed by atoms with Crippen LogP contribution in [0.25, 0.3) is 10.2 Å². The molecule has 31 heavy (non-hydrogen) atoms. The Kier molecular flexibility index (Phi) is 5.81. The number of thiazole rings is 1. The summed E-state index contributed by atoms with van der Waals surface area (Å²) < 4.78 is 34.1. The van der Waals surface area contributed by atoms with Crippen LogP contribution >= 0.6 is 22.9 Å². The maximum absolute atomic E-state index is 12.9. The molecular weight excluding hydrogens is 458 g/mol. The third-order valence-electron chi connectivity index (χ3n) is 4.36. The first-order chi connectivity index (χ1) is 14.9. The van der Waals surface area contributed by atoms with Gasteiger partial charge in [0.2, 0.25) is 0 Å². The quantitative estimate of drug-likeness (QED) is 0.410. The Balaban J connectivity index is 1.61. The monoisotopic (exact) mass is 473 g/mol. The zero-order valence-corrected chi connectivity index (χ0v) is 18.5. The third-order valence-corrected chi connectivity index (χ3v) is 6.93. The first kappa shape index (κ1) is 21.1. The summed E-state index contributed by atoms with van der Waals surface area (Å²) in [7, 11) is -2.36. The number of hydrogen-bond acceptors (Lipinski definition) is 6. The average Bonchev–Trinajstić information content (AvgIpc) is 3.16. The summed E-state index contributed by atoms with van der Waals surface area (Å²) >= 11 is 7.13. The molecule has 4 aromatic rings. The summed E-state index contributed by atoms with van der Waals surface area (Å²) in [5, 5.41) is 3.53. The number of methoxy groups -OCH3 is 1. The first-order valence-corrected chi connectivity index (χ1v) is 11.7. The summed E-state index contributed by atoms with van der Waals surface area (Å²) in [6, 6.07) is 17.6. The van der Waals surface area contributed by atoms with Crippen LogP contribution in [0.5, 0.6) is 5.75 Å². The fourth-order valence-corrected chi connectivity index (χ4v) is 4.98. The summed E-state index contributed by atoms with van der Waals surface area (Å²) in [5.41, 5.74) is 0.946. The molecule has 0 radical (unpaired) electrons. The van der Waals surface area contributed by atoms with Crippen LogP contribution in [-0.4, -0.2) is 26.4 Å². The van der Waals surface area contributed by atoms with E-state index in [1.54, 1.807) is 25.3 Å². The van der Waals surface area contributed by atoms with Crippen LogP contribution in [0.1, 0.15) is 10.4 Å². The van der Waals surface area contributed by atoms with Crippen LogP contribution in [0.3, 0.4) is 0 Å². The molecule has 1 amide bonds. The van der Waals surface area contributed by atoms with E-state index in [9.17, 15) is 13.2 Å². The number of aromatic nitrogens is 1. The number of benzene rings is 3. The van der Waals surface area contributed by atoms with Crippen molar-refractivity contribution in [3.05, 3.63) is 77.3 Å². The molecule has 4 rings (SSSR count). The smallest absolute Gasteiger partial charge is 0.261 e. The molecule has 1 aromatic heterocycles. The normalized spacial score (nSPS) is 11.3. The standard InChI is InChI=1S/C21H16ClN3O4S2/c1-29-17-7-4-8-18-19(17)23-21(30-18)24-20(26)15-5-2-3-6-16(15)25-31(27,28)14-11-9-13(22)10-12-14/h2-12,25H,1H3,(H,23,24,26). The van der Waals surface area contributed by atoms with Crippen molar-refractivity contribution < 1.29 is 17.9 Å². The van der Waals surface area contributed by atoms with E-state index in [2.05, 4.69) is 15.0 Å². The molecule has 0 aliphatic carbocycles. The predicted molar refractivity (Wildman–Crippen MR) is 123 cm³/mol. The SMILES string of the molecule is COc1cccc2sc(NC(=O)c3ccccc3NS(=O)(=O)c3ccc(Cl)cc3)nc12. The Morgan fingerprint density at radius 1 is 1.03 bits per heavy atom. The van der Waals surface area contributed by atoms with Gasteiger partial charge < -0.3 is 4.74 Å². The largest absolute Gasteiger partial charge is 0.494 e. The minimum atomic E-state index is -3.91. The van der Waals surface area contributed by atoms with Gasteiger partial charge in [-0.2, -0.15) is 0 Å². The molecular formula is C21H16ClN3O4S2. The predicted octanol–water partition coefficient (Wildman–Crippen LogP) is 5.01. The molecule has 0 atom stereocenters. The first-order valence-electron chi connectivity index (χ1n) is 9.00. The molecule has 2 N–H and O–H groups in total. The molecule has 0 bridgehead atoms. The Morgan fingerprint density at radius 3 is 2.52 bits per heavy atom. The number of sulfonamides is 1. The molecule has 7 nitrogen and oxygen atoms in total. The number of carbonyl (C=O) groups excluding carboxylic acids is 1. The van der Waals surface area contributed by atoms with Gasteiger partial charge in [0.15, 0.2) is 5.13 Å². The lowest BCUT2D eigenvalue weighted by molar-refractivity contribution is 0.102. The van der Waals surface area contributed by atoms with Crippen LogP contribution < -0.4 is 14.8 Å². The summed E-state index contributed by atoms with van der Waals surface area (Å²) in [5.74, 6) is 0.109. The number of carbonyl (C=O) groups is 1. The van der Waals surface area contributed by atoms with E-state index >= 15 is 0 Å². The van der Waals surface area contributed by atoms with Gasteiger partial charge in [-0.3, -0.25) is 14.8 Å². The zero-order valence-electron chi connectivity index (χ0n) is 16.1. The Labute approximate surface area is 187 Å². The number of rotatable bonds is 6. The maximum Gasteiger partial charge on any atom is 0.261 e. The summed E-state index contributed by atoms with van der Waals surface area (Å²) in [6.07, 6.45) is 0. The molecule has 3 aromatic carbocycles. The van der Waals surface area contributed by atoms with Gasteiger partial charge in [-0.15, -0.1) is 0 Å². The maximum atomic E-state index is 12.9. The average molecular weight is 474 g/mol. The van der Waals surface area contributed by atoms with Crippen molar-refractivity contribution in [2.45, 2.75) is 4.90 Å².